The molecule has 0 amide bonds. The number of hydrogen-bond acceptors (Lipinski definition) is 2. The van der Waals surface area contributed by atoms with E-state index in [4.69, 9.17) is 4.74 Å². The Hall–Kier alpha value is -1.02. The van der Waals surface area contributed by atoms with E-state index < -0.39 is 0 Å². The van der Waals surface area contributed by atoms with Gasteiger partial charge in [-0.05, 0) is 61.4 Å². The molecule has 0 aromatic heterocycles. The fourth-order valence-electron chi connectivity index (χ4n) is 2.69. The lowest BCUT2D eigenvalue weighted by Crippen LogP contribution is -2.22. The highest BCUT2D eigenvalue weighted by atomic mass is 16.5. The minimum Gasteiger partial charge on any atom is -0.493 e. The fraction of sp³-hybridized carbons (Fsp3) is 0.667. The van der Waals surface area contributed by atoms with Crippen molar-refractivity contribution in [1.82, 2.24) is 5.32 Å². The van der Waals surface area contributed by atoms with Crippen LogP contribution < -0.4 is 10.1 Å². The fourth-order valence-corrected chi connectivity index (χ4v) is 2.69. The molecule has 0 fully saturated rings. The monoisotopic (exact) mass is 275 g/mol. The molecule has 0 bridgehead atoms. The Morgan fingerprint density at radius 2 is 2.05 bits per heavy atom. The Balaban J connectivity index is 1.67. The topological polar surface area (TPSA) is 21.3 Å². The van der Waals surface area contributed by atoms with Crippen LogP contribution in [-0.4, -0.2) is 19.7 Å². The number of benzene rings is 1. The second kappa shape index (κ2) is 7.68. The highest BCUT2D eigenvalue weighted by Gasteiger charge is 2.12. The van der Waals surface area contributed by atoms with E-state index in [0.717, 1.165) is 43.7 Å². The molecule has 0 saturated carbocycles. The van der Waals surface area contributed by atoms with Crippen LogP contribution in [0.1, 0.15) is 44.7 Å². The Morgan fingerprint density at radius 3 is 2.85 bits per heavy atom. The van der Waals surface area contributed by atoms with Crippen LogP contribution >= 0.6 is 0 Å². The summed E-state index contributed by atoms with van der Waals surface area (Å²) in [6.45, 7) is 10.0. The van der Waals surface area contributed by atoms with Crippen molar-refractivity contribution in [2.24, 2.45) is 11.8 Å². The molecule has 1 unspecified atom stereocenters. The molecule has 2 nitrogen and oxygen atoms in total. The van der Waals surface area contributed by atoms with Gasteiger partial charge in [0.1, 0.15) is 5.75 Å². The van der Waals surface area contributed by atoms with Gasteiger partial charge in [-0.25, -0.2) is 0 Å². The minimum atomic E-state index is 0.749. The lowest BCUT2D eigenvalue weighted by atomic mass is 9.97. The molecule has 1 aromatic rings. The van der Waals surface area contributed by atoms with Gasteiger partial charge in [0, 0.05) is 6.42 Å². The molecule has 1 heterocycles. The lowest BCUT2D eigenvalue weighted by Gasteiger charge is -2.13. The summed E-state index contributed by atoms with van der Waals surface area (Å²) in [5.41, 5.74) is 2.87. The van der Waals surface area contributed by atoms with Gasteiger partial charge in [0.05, 0.1) is 6.61 Å². The smallest absolute Gasteiger partial charge is 0.122 e. The third-order valence-electron chi connectivity index (χ3n) is 4.05. The molecule has 20 heavy (non-hydrogen) atoms. The molecule has 0 saturated heterocycles. The first kappa shape index (κ1) is 15.4. The highest BCUT2D eigenvalue weighted by molar-refractivity contribution is 5.39. The Labute approximate surface area is 123 Å². The summed E-state index contributed by atoms with van der Waals surface area (Å²) in [5, 5.41) is 3.53. The molecule has 1 aromatic carbocycles. The molecule has 1 N–H and O–H groups in total. The molecule has 0 spiro atoms. The zero-order valence-electron chi connectivity index (χ0n) is 13.2. The van der Waals surface area contributed by atoms with Crippen LogP contribution in [0.15, 0.2) is 18.2 Å². The van der Waals surface area contributed by atoms with E-state index in [2.05, 4.69) is 44.3 Å². The first-order valence-electron chi connectivity index (χ1n) is 8.10. The molecule has 1 aliphatic rings. The zero-order valence-corrected chi connectivity index (χ0v) is 13.2. The highest BCUT2D eigenvalue weighted by Crippen LogP contribution is 2.26. The average molecular weight is 275 g/mol. The predicted octanol–water partition coefficient (Wildman–Crippen LogP) is 3.83. The van der Waals surface area contributed by atoms with Gasteiger partial charge in [0.2, 0.25) is 0 Å². The number of rotatable bonds is 8. The summed E-state index contributed by atoms with van der Waals surface area (Å²) in [7, 11) is 0. The summed E-state index contributed by atoms with van der Waals surface area (Å²) in [4.78, 5) is 0. The summed E-state index contributed by atoms with van der Waals surface area (Å²) in [6, 6.07) is 6.71. The van der Waals surface area contributed by atoms with Crippen molar-refractivity contribution in [2.45, 2.75) is 46.5 Å². The van der Waals surface area contributed by atoms with E-state index in [1.54, 1.807) is 0 Å². The number of nitrogens with one attached hydrogen (secondary N) is 1. The Bertz CT molecular complexity index is 414. The average Bonchev–Trinajstić information content (AvgIpc) is 2.88. The Morgan fingerprint density at radius 1 is 1.20 bits per heavy atom. The maximum Gasteiger partial charge on any atom is 0.122 e. The molecule has 2 heteroatoms. The van der Waals surface area contributed by atoms with Gasteiger partial charge >= 0.3 is 0 Å². The van der Waals surface area contributed by atoms with Crippen molar-refractivity contribution in [3.63, 3.8) is 0 Å². The molecular weight excluding hydrogens is 246 g/mol. The van der Waals surface area contributed by atoms with Gasteiger partial charge in [-0.15, -0.1) is 0 Å². The van der Waals surface area contributed by atoms with Gasteiger partial charge in [0.15, 0.2) is 0 Å². The standard InChI is InChI=1S/C18H29NO/c1-14(2)13-19-10-8-15(3)4-5-16-6-7-18-17(12-16)9-11-20-18/h6-7,12,14-15,19H,4-5,8-11,13H2,1-3H3. The summed E-state index contributed by atoms with van der Waals surface area (Å²) < 4.78 is 5.56. The quantitative estimate of drug-likeness (QED) is 0.728. The first-order valence-corrected chi connectivity index (χ1v) is 8.10. The van der Waals surface area contributed by atoms with Crippen molar-refractivity contribution < 1.29 is 4.74 Å². The first-order chi connectivity index (χ1) is 9.65. The summed E-state index contributed by atoms with van der Waals surface area (Å²) >= 11 is 0. The maximum absolute atomic E-state index is 5.56. The van der Waals surface area contributed by atoms with E-state index in [0.29, 0.717) is 0 Å². The van der Waals surface area contributed by atoms with Crippen LogP contribution in [0.2, 0.25) is 0 Å². The van der Waals surface area contributed by atoms with E-state index >= 15 is 0 Å². The number of fused-ring (bicyclic) bond motifs is 1. The van der Waals surface area contributed by atoms with Crippen molar-refractivity contribution >= 4 is 0 Å². The van der Waals surface area contributed by atoms with Gasteiger partial charge < -0.3 is 10.1 Å². The largest absolute Gasteiger partial charge is 0.493 e. The van der Waals surface area contributed by atoms with Gasteiger partial charge in [-0.3, -0.25) is 0 Å². The summed E-state index contributed by atoms with van der Waals surface area (Å²) in [5.74, 6) is 2.64. The van der Waals surface area contributed by atoms with E-state index in [1.165, 1.54) is 30.4 Å². The number of hydrogen-bond donors (Lipinski definition) is 1. The van der Waals surface area contributed by atoms with Crippen LogP contribution in [0.4, 0.5) is 0 Å². The third-order valence-corrected chi connectivity index (χ3v) is 4.05. The number of aryl methyl sites for hydroxylation is 1. The Kier molecular flexibility index (Phi) is 5.90. The zero-order chi connectivity index (χ0) is 14.4. The van der Waals surface area contributed by atoms with Crippen molar-refractivity contribution in [2.75, 3.05) is 19.7 Å². The second-order valence-corrected chi connectivity index (χ2v) is 6.57. The second-order valence-electron chi connectivity index (χ2n) is 6.57. The van der Waals surface area contributed by atoms with Crippen LogP contribution in [0.25, 0.3) is 0 Å². The van der Waals surface area contributed by atoms with Crippen molar-refractivity contribution in [3.8, 4) is 5.75 Å². The van der Waals surface area contributed by atoms with Gasteiger partial charge in [-0.2, -0.15) is 0 Å². The molecule has 112 valence electrons. The van der Waals surface area contributed by atoms with E-state index in [-0.39, 0.29) is 0 Å². The van der Waals surface area contributed by atoms with E-state index in [9.17, 15) is 0 Å². The van der Waals surface area contributed by atoms with Crippen molar-refractivity contribution in [3.05, 3.63) is 29.3 Å². The van der Waals surface area contributed by atoms with Crippen LogP contribution in [0.3, 0.4) is 0 Å². The normalized spacial score (nSPS) is 15.2. The molecule has 1 atom stereocenters. The summed E-state index contributed by atoms with van der Waals surface area (Å²) in [6.07, 6.45) is 4.83. The van der Waals surface area contributed by atoms with Crippen LogP contribution in [0, 0.1) is 11.8 Å². The van der Waals surface area contributed by atoms with E-state index in [1.807, 2.05) is 0 Å². The van der Waals surface area contributed by atoms with Crippen LogP contribution in [0.5, 0.6) is 5.75 Å². The lowest BCUT2D eigenvalue weighted by molar-refractivity contribution is 0.357. The van der Waals surface area contributed by atoms with Crippen LogP contribution in [-0.2, 0) is 12.8 Å². The SMILES string of the molecule is CC(C)CNCCC(C)CCc1ccc2c(c1)CCO2. The van der Waals surface area contributed by atoms with Gasteiger partial charge in [0.25, 0.3) is 0 Å². The molecule has 0 aliphatic carbocycles. The van der Waals surface area contributed by atoms with Crippen molar-refractivity contribution in [1.29, 1.82) is 0 Å². The minimum absolute atomic E-state index is 0.749. The maximum atomic E-state index is 5.56. The molecule has 0 radical (unpaired) electrons. The van der Waals surface area contributed by atoms with Gasteiger partial charge in [-0.1, -0.05) is 32.9 Å². The molecule has 2 rings (SSSR count). The third kappa shape index (κ3) is 4.82. The number of ether oxygens (including phenoxy) is 1. The molecular formula is C18H29NO. The molecule has 1 aliphatic heterocycles. The predicted molar refractivity (Wildman–Crippen MR) is 85.5 cm³/mol.